The van der Waals surface area contributed by atoms with E-state index in [-0.39, 0.29) is 12.8 Å². The minimum absolute atomic E-state index is 0.0456. The molecule has 0 radical (unpaired) electrons. The third-order valence-corrected chi connectivity index (χ3v) is 3.25. The average molecular weight is 358 g/mol. The van der Waals surface area contributed by atoms with Crippen LogP contribution in [0.4, 0.5) is 0 Å². The molecule has 8 heteroatoms. The fourth-order valence-corrected chi connectivity index (χ4v) is 2.14. The maximum Gasteiger partial charge on any atom is 0.304 e. The number of esters is 1. The van der Waals surface area contributed by atoms with Crippen LogP contribution in [0.2, 0.25) is 0 Å². The summed E-state index contributed by atoms with van der Waals surface area (Å²) in [6.45, 7) is 2.50. The van der Waals surface area contributed by atoms with Gasteiger partial charge >= 0.3 is 5.97 Å². The van der Waals surface area contributed by atoms with Crippen LogP contribution in [0.1, 0.15) is 18.9 Å². The molecule has 0 bridgehead atoms. The minimum atomic E-state index is -0.370. The van der Waals surface area contributed by atoms with Gasteiger partial charge in [-0.05, 0) is 12.5 Å². The second-order valence-corrected chi connectivity index (χ2v) is 4.91. The van der Waals surface area contributed by atoms with Crippen molar-refractivity contribution in [3.05, 3.63) is 11.6 Å². The number of ether oxygens (including phenoxy) is 7. The molecular formula is C17H26O8. The number of carbonyl (C=O) groups excluding carboxylic acids is 1. The van der Waals surface area contributed by atoms with E-state index in [1.54, 1.807) is 20.3 Å². The predicted molar refractivity (Wildman–Crippen MR) is 89.5 cm³/mol. The van der Waals surface area contributed by atoms with E-state index in [1.165, 1.54) is 21.1 Å². The van der Waals surface area contributed by atoms with Crippen molar-refractivity contribution in [3.8, 4) is 23.0 Å². The fourth-order valence-electron chi connectivity index (χ4n) is 2.14. The van der Waals surface area contributed by atoms with Crippen LogP contribution in [0.3, 0.4) is 0 Å². The normalized spacial score (nSPS) is 10.3. The smallest absolute Gasteiger partial charge is 0.304 e. The molecule has 0 aliphatic heterocycles. The van der Waals surface area contributed by atoms with Crippen LogP contribution in [-0.2, 0) is 25.6 Å². The van der Waals surface area contributed by atoms with Crippen LogP contribution in [0, 0.1) is 0 Å². The van der Waals surface area contributed by atoms with Gasteiger partial charge in [0, 0.05) is 19.1 Å². The Morgan fingerprint density at radius 3 is 2.08 bits per heavy atom. The van der Waals surface area contributed by atoms with Gasteiger partial charge in [0.25, 0.3) is 0 Å². The highest BCUT2D eigenvalue weighted by molar-refractivity contribution is 5.65. The van der Waals surface area contributed by atoms with Gasteiger partial charge in [0.1, 0.15) is 0 Å². The highest BCUT2D eigenvalue weighted by Gasteiger charge is 2.21. The molecule has 0 atom stereocenters. The van der Waals surface area contributed by atoms with E-state index < -0.39 is 0 Å². The van der Waals surface area contributed by atoms with Crippen molar-refractivity contribution < 1.29 is 38.0 Å². The summed E-state index contributed by atoms with van der Waals surface area (Å²) in [5.41, 5.74) is 0.776. The third-order valence-electron chi connectivity index (χ3n) is 3.25. The largest absolute Gasteiger partial charge is 0.493 e. The molecule has 0 saturated heterocycles. The first-order valence-electron chi connectivity index (χ1n) is 7.73. The Bertz CT molecular complexity index is 544. The van der Waals surface area contributed by atoms with Crippen LogP contribution < -0.4 is 18.9 Å². The summed E-state index contributed by atoms with van der Waals surface area (Å²) in [6.07, 6.45) is 0.661. The molecule has 0 aliphatic carbocycles. The molecule has 1 rings (SSSR count). The Balaban J connectivity index is 2.59. The lowest BCUT2D eigenvalue weighted by molar-refractivity contribution is -0.153. The van der Waals surface area contributed by atoms with Gasteiger partial charge < -0.3 is 33.2 Å². The van der Waals surface area contributed by atoms with Crippen molar-refractivity contribution in [3.63, 3.8) is 0 Å². The molecule has 8 nitrogen and oxygen atoms in total. The van der Waals surface area contributed by atoms with Crippen LogP contribution in [-0.4, -0.2) is 54.4 Å². The van der Waals surface area contributed by atoms with Gasteiger partial charge in [0.15, 0.2) is 18.3 Å². The Hall–Kier alpha value is -2.19. The van der Waals surface area contributed by atoms with E-state index in [2.05, 4.69) is 4.74 Å². The van der Waals surface area contributed by atoms with Crippen molar-refractivity contribution in [1.29, 1.82) is 0 Å². The average Bonchev–Trinajstić information content (AvgIpc) is 2.61. The summed E-state index contributed by atoms with van der Waals surface area (Å²) < 4.78 is 36.9. The van der Waals surface area contributed by atoms with Crippen LogP contribution in [0.5, 0.6) is 23.0 Å². The van der Waals surface area contributed by atoms with Gasteiger partial charge in [-0.25, -0.2) is 0 Å². The number of methoxy groups -OCH3 is 4. The zero-order chi connectivity index (χ0) is 18.7. The monoisotopic (exact) mass is 358 g/mol. The molecule has 1 aromatic carbocycles. The Kier molecular flexibility index (Phi) is 9.49. The first kappa shape index (κ1) is 20.9. The Morgan fingerprint density at radius 1 is 0.880 bits per heavy atom. The second-order valence-electron chi connectivity index (χ2n) is 4.91. The third kappa shape index (κ3) is 6.32. The van der Waals surface area contributed by atoms with E-state index in [0.717, 1.165) is 5.56 Å². The standard InChI is InChI=1S/C17H26O8/c1-12(18)25-11-24-8-6-7-23-10-13-9-14(19-2)16(21-4)17(22-5)15(13)20-3/h9H,6-8,10-11H2,1-5H3. The van der Waals surface area contributed by atoms with E-state index in [9.17, 15) is 4.79 Å². The second kappa shape index (κ2) is 11.4. The lowest BCUT2D eigenvalue weighted by Crippen LogP contribution is -2.07. The fraction of sp³-hybridized carbons (Fsp3) is 0.588. The first-order chi connectivity index (χ1) is 12.1. The van der Waals surface area contributed by atoms with Crippen molar-refractivity contribution in [2.75, 3.05) is 48.4 Å². The van der Waals surface area contributed by atoms with Gasteiger partial charge in [-0.15, -0.1) is 0 Å². The highest BCUT2D eigenvalue weighted by Crippen LogP contribution is 2.46. The van der Waals surface area contributed by atoms with E-state index in [0.29, 0.717) is 49.2 Å². The molecule has 0 aliphatic rings. The summed E-state index contributed by atoms with van der Waals surface area (Å²) in [5.74, 6) is 1.61. The number of hydrogen-bond donors (Lipinski definition) is 0. The summed E-state index contributed by atoms with van der Waals surface area (Å²) in [7, 11) is 6.17. The Labute approximate surface area is 147 Å². The van der Waals surface area contributed by atoms with E-state index in [4.69, 9.17) is 28.4 Å². The molecule has 0 spiro atoms. The molecule has 0 saturated carbocycles. The van der Waals surface area contributed by atoms with Crippen LogP contribution in [0.25, 0.3) is 0 Å². The molecule has 0 amide bonds. The molecule has 0 heterocycles. The zero-order valence-electron chi connectivity index (χ0n) is 15.4. The van der Waals surface area contributed by atoms with Gasteiger partial charge in [-0.1, -0.05) is 0 Å². The molecule has 25 heavy (non-hydrogen) atoms. The first-order valence-corrected chi connectivity index (χ1v) is 7.73. The van der Waals surface area contributed by atoms with Crippen molar-refractivity contribution in [1.82, 2.24) is 0 Å². The van der Waals surface area contributed by atoms with Crippen LogP contribution >= 0.6 is 0 Å². The lowest BCUT2D eigenvalue weighted by Gasteiger charge is -2.18. The number of benzene rings is 1. The molecule has 0 aromatic heterocycles. The zero-order valence-corrected chi connectivity index (χ0v) is 15.4. The topological polar surface area (TPSA) is 81.7 Å². The van der Waals surface area contributed by atoms with Crippen molar-refractivity contribution in [2.24, 2.45) is 0 Å². The van der Waals surface area contributed by atoms with Crippen molar-refractivity contribution in [2.45, 2.75) is 20.0 Å². The van der Waals surface area contributed by atoms with Crippen LogP contribution in [0.15, 0.2) is 6.07 Å². The van der Waals surface area contributed by atoms with Gasteiger partial charge in [0.2, 0.25) is 11.5 Å². The molecule has 142 valence electrons. The summed E-state index contributed by atoms with van der Waals surface area (Å²) in [4.78, 5) is 10.6. The SMILES string of the molecule is COc1cc(COCCCOCOC(C)=O)c(OC)c(OC)c1OC. The van der Waals surface area contributed by atoms with E-state index in [1.807, 2.05) is 0 Å². The summed E-state index contributed by atoms with van der Waals surface area (Å²) in [6, 6.07) is 1.79. The molecule has 0 unspecified atom stereocenters. The predicted octanol–water partition coefficient (Wildman–Crippen LogP) is 2.16. The van der Waals surface area contributed by atoms with E-state index >= 15 is 0 Å². The van der Waals surface area contributed by atoms with Crippen molar-refractivity contribution >= 4 is 5.97 Å². The molecule has 0 N–H and O–H groups in total. The Morgan fingerprint density at radius 2 is 1.52 bits per heavy atom. The van der Waals surface area contributed by atoms with Gasteiger partial charge in [-0.2, -0.15) is 0 Å². The van der Waals surface area contributed by atoms with Gasteiger partial charge in [-0.3, -0.25) is 4.79 Å². The maximum absolute atomic E-state index is 10.6. The van der Waals surface area contributed by atoms with Gasteiger partial charge in [0.05, 0.1) is 41.7 Å². The molecule has 1 aromatic rings. The quantitative estimate of drug-likeness (QED) is 0.319. The summed E-state index contributed by atoms with van der Waals surface area (Å²) >= 11 is 0. The number of rotatable bonds is 12. The summed E-state index contributed by atoms with van der Waals surface area (Å²) in [5, 5.41) is 0. The number of hydrogen-bond acceptors (Lipinski definition) is 8. The maximum atomic E-state index is 10.6. The highest BCUT2D eigenvalue weighted by atomic mass is 16.7. The number of carbonyl (C=O) groups is 1. The lowest BCUT2D eigenvalue weighted by atomic mass is 10.1. The minimum Gasteiger partial charge on any atom is -0.493 e. The molecule has 0 fully saturated rings. The molecular weight excluding hydrogens is 332 g/mol.